The van der Waals surface area contributed by atoms with Crippen LogP contribution in [0.3, 0.4) is 0 Å². The second-order valence-electron chi connectivity index (χ2n) is 3.43. The lowest BCUT2D eigenvalue weighted by molar-refractivity contribution is -0.123. The SMILES string of the molecule is C#CCCNC(C)C(=O)NCc1ccco1. The molecule has 2 N–H and O–H groups in total. The second-order valence-corrected chi connectivity index (χ2v) is 3.43. The van der Waals surface area contributed by atoms with Crippen molar-refractivity contribution in [3.05, 3.63) is 24.2 Å². The first kappa shape index (κ1) is 12.3. The molecule has 1 unspecified atom stereocenters. The van der Waals surface area contributed by atoms with E-state index < -0.39 is 0 Å². The molecule has 4 heteroatoms. The normalized spacial score (nSPS) is 11.8. The maximum atomic E-state index is 11.6. The van der Waals surface area contributed by atoms with Crippen LogP contribution in [-0.2, 0) is 11.3 Å². The van der Waals surface area contributed by atoms with Gasteiger partial charge in [-0.05, 0) is 19.1 Å². The van der Waals surface area contributed by atoms with Crippen molar-refractivity contribution in [2.75, 3.05) is 6.54 Å². The Morgan fingerprint density at radius 1 is 1.69 bits per heavy atom. The third-order valence-corrected chi connectivity index (χ3v) is 2.13. The van der Waals surface area contributed by atoms with E-state index >= 15 is 0 Å². The van der Waals surface area contributed by atoms with Crippen molar-refractivity contribution >= 4 is 5.91 Å². The van der Waals surface area contributed by atoms with Gasteiger partial charge < -0.3 is 15.1 Å². The Bertz CT molecular complexity index is 352. The van der Waals surface area contributed by atoms with Crippen LogP contribution in [0, 0.1) is 12.3 Å². The maximum Gasteiger partial charge on any atom is 0.237 e. The molecule has 0 fully saturated rings. The zero-order valence-corrected chi connectivity index (χ0v) is 9.32. The lowest BCUT2D eigenvalue weighted by Crippen LogP contribution is -2.42. The summed E-state index contributed by atoms with van der Waals surface area (Å²) in [4.78, 5) is 11.6. The van der Waals surface area contributed by atoms with E-state index in [1.165, 1.54) is 0 Å². The number of furan rings is 1. The summed E-state index contributed by atoms with van der Waals surface area (Å²) in [6.45, 7) is 2.85. The van der Waals surface area contributed by atoms with E-state index in [2.05, 4.69) is 16.6 Å². The fraction of sp³-hybridized carbons (Fsp3) is 0.417. The zero-order valence-electron chi connectivity index (χ0n) is 9.32. The summed E-state index contributed by atoms with van der Waals surface area (Å²) < 4.78 is 5.10. The molecule has 4 nitrogen and oxygen atoms in total. The lowest BCUT2D eigenvalue weighted by atomic mass is 10.3. The summed E-state index contributed by atoms with van der Waals surface area (Å²) in [5, 5.41) is 5.79. The fourth-order valence-electron chi connectivity index (χ4n) is 1.19. The quantitative estimate of drug-likeness (QED) is 0.553. The number of terminal acetylenes is 1. The van der Waals surface area contributed by atoms with Gasteiger partial charge in [0.1, 0.15) is 5.76 Å². The van der Waals surface area contributed by atoms with E-state index in [0.717, 1.165) is 5.76 Å². The number of amides is 1. The standard InChI is InChI=1S/C12H16N2O2/c1-3-4-7-13-10(2)12(15)14-9-11-6-5-8-16-11/h1,5-6,8,10,13H,4,7,9H2,2H3,(H,14,15). The first-order valence-corrected chi connectivity index (χ1v) is 5.21. The van der Waals surface area contributed by atoms with Crippen molar-refractivity contribution in [1.82, 2.24) is 10.6 Å². The van der Waals surface area contributed by atoms with Crippen LogP contribution in [0.2, 0.25) is 0 Å². The summed E-state index contributed by atoms with van der Waals surface area (Å²) in [6, 6.07) is 3.36. The van der Waals surface area contributed by atoms with Gasteiger partial charge in [0.2, 0.25) is 5.91 Å². The average Bonchev–Trinajstić information content (AvgIpc) is 2.79. The Hall–Kier alpha value is -1.73. The van der Waals surface area contributed by atoms with Crippen LogP contribution in [0.5, 0.6) is 0 Å². The van der Waals surface area contributed by atoms with Crippen LogP contribution in [-0.4, -0.2) is 18.5 Å². The molecule has 0 radical (unpaired) electrons. The molecule has 0 saturated heterocycles. The predicted octanol–water partition coefficient (Wildman–Crippen LogP) is 0.897. The van der Waals surface area contributed by atoms with Gasteiger partial charge in [0, 0.05) is 13.0 Å². The summed E-state index contributed by atoms with van der Waals surface area (Å²) >= 11 is 0. The molecule has 1 aromatic heterocycles. The van der Waals surface area contributed by atoms with Crippen molar-refractivity contribution in [1.29, 1.82) is 0 Å². The first-order valence-electron chi connectivity index (χ1n) is 5.21. The van der Waals surface area contributed by atoms with Gasteiger partial charge in [0.25, 0.3) is 0 Å². The molecule has 16 heavy (non-hydrogen) atoms. The molecule has 1 aromatic rings. The molecule has 0 aliphatic carbocycles. The molecule has 1 atom stereocenters. The van der Waals surface area contributed by atoms with Crippen molar-refractivity contribution in [3.63, 3.8) is 0 Å². The van der Waals surface area contributed by atoms with Gasteiger partial charge in [-0.2, -0.15) is 0 Å². The minimum atomic E-state index is -0.247. The van der Waals surface area contributed by atoms with Gasteiger partial charge in [0.05, 0.1) is 18.8 Å². The van der Waals surface area contributed by atoms with Crippen LogP contribution in [0.4, 0.5) is 0 Å². The molecule has 0 bridgehead atoms. The Morgan fingerprint density at radius 2 is 2.50 bits per heavy atom. The fourth-order valence-corrected chi connectivity index (χ4v) is 1.19. The zero-order chi connectivity index (χ0) is 11.8. The third kappa shape index (κ3) is 4.20. The van der Waals surface area contributed by atoms with E-state index in [0.29, 0.717) is 19.5 Å². The highest BCUT2D eigenvalue weighted by Gasteiger charge is 2.11. The van der Waals surface area contributed by atoms with Crippen LogP contribution in [0.15, 0.2) is 22.8 Å². The van der Waals surface area contributed by atoms with E-state index in [4.69, 9.17) is 10.8 Å². The van der Waals surface area contributed by atoms with Crippen LogP contribution >= 0.6 is 0 Å². The van der Waals surface area contributed by atoms with Crippen molar-refractivity contribution < 1.29 is 9.21 Å². The van der Waals surface area contributed by atoms with Crippen LogP contribution in [0.1, 0.15) is 19.1 Å². The number of hydrogen-bond donors (Lipinski definition) is 2. The number of nitrogens with one attached hydrogen (secondary N) is 2. The average molecular weight is 220 g/mol. The molecule has 0 aromatic carbocycles. The van der Waals surface area contributed by atoms with Crippen molar-refractivity contribution in [3.8, 4) is 12.3 Å². The molecule has 0 aliphatic rings. The molecule has 1 rings (SSSR count). The molecular weight excluding hydrogens is 204 g/mol. The highest BCUT2D eigenvalue weighted by atomic mass is 16.3. The van der Waals surface area contributed by atoms with E-state index in [9.17, 15) is 4.79 Å². The molecule has 0 aliphatic heterocycles. The van der Waals surface area contributed by atoms with Gasteiger partial charge in [-0.3, -0.25) is 4.79 Å². The first-order chi connectivity index (χ1) is 7.74. The van der Waals surface area contributed by atoms with E-state index in [1.54, 1.807) is 19.3 Å². The Kier molecular flexibility index (Phi) is 5.17. The Labute approximate surface area is 95.4 Å². The van der Waals surface area contributed by atoms with Crippen molar-refractivity contribution in [2.24, 2.45) is 0 Å². The van der Waals surface area contributed by atoms with Crippen molar-refractivity contribution in [2.45, 2.75) is 25.9 Å². The third-order valence-electron chi connectivity index (χ3n) is 2.13. The Morgan fingerprint density at radius 3 is 3.12 bits per heavy atom. The van der Waals surface area contributed by atoms with E-state index in [-0.39, 0.29) is 11.9 Å². The summed E-state index contributed by atoms with van der Waals surface area (Å²) in [6.07, 6.45) is 7.31. The highest BCUT2D eigenvalue weighted by molar-refractivity contribution is 5.81. The van der Waals surface area contributed by atoms with Crippen LogP contribution in [0.25, 0.3) is 0 Å². The van der Waals surface area contributed by atoms with Gasteiger partial charge in [-0.15, -0.1) is 12.3 Å². The second kappa shape index (κ2) is 6.70. The minimum Gasteiger partial charge on any atom is -0.467 e. The molecular formula is C12H16N2O2. The largest absolute Gasteiger partial charge is 0.467 e. The molecule has 1 heterocycles. The number of carbonyl (C=O) groups is 1. The minimum absolute atomic E-state index is 0.0616. The monoisotopic (exact) mass is 220 g/mol. The van der Waals surface area contributed by atoms with Gasteiger partial charge >= 0.3 is 0 Å². The highest BCUT2D eigenvalue weighted by Crippen LogP contribution is 1.98. The van der Waals surface area contributed by atoms with Gasteiger partial charge in [-0.1, -0.05) is 0 Å². The Balaban J connectivity index is 2.21. The summed E-state index contributed by atoms with van der Waals surface area (Å²) in [5.74, 6) is 3.19. The summed E-state index contributed by atoms with van der Waals surface area (Å²) in [7, 11) is 0. The van der Waals surface area contributed by atoms with Gasteiger partial charge in [0.15, 0.2) is 0 Å². The smallest absolute Gasteiger partial charge is 0.237 e. The number of carbonyl (C=O) groups excluding carboxylic acids is 1. The van der Waals surface area contributed by atoms with Gasteiger partial charge in [-0.25, -0.2) is 0 Å². The molecule has 1 amide bonds. The summed E-state index contributed by atoms with van der Waals surface area (Å²) in [5.41, 5.74) is 0. The molecule has 0 saturated carbocycles. The maximum absolute atomic E-state index is 11.6. The molecule has 0 spiro atoms. The topological polar surface area (TPSA) is 54.3 Å². The lowest BCUT2D eigenvalue weighted by Gasteiger charge is -2.12. The number of hydrogen-bond acceptors (Lipinski definition) is 3. The molecule has 86 valence electrons. The van der Waals surface area contributed by atoms with E-state index in [1.807, 2.05) is 6.07 Å². The van der Waals surface area contributed by atoms with Crippen LogP contribution < -0.4 is 10.6 Å². The predicted molar refractivity (Wildman–Crippen MR) is 61.5 cm³/mol. The number of rotatable bonds is 6.